The summed E-state index contributed by atoms with van der Waals surface area (Å²) in [5.41, 5.74) is 2.02. The Morgan fingerprint density at radius 3 is 3.00 bits per heavy atom. The molecule has 1 saturated heterocycles. The number of carbonyl (C=O) groups is 1. The quantitative estimate of drug-likeness (QED) is 0.888. The van der Waals surface area contributed by atoms with Crippen LogP contribution in [0.4, 0.5) is 5.69 Å². The van der Waals surface area contributed by atoms with Crippen molar-refractivity contribution in [2.24, 2.45) is 0 Å². The summed E-state index contributed by atoms with van der Waals surface area (Å²) in [6.45, 7) is 3.45. The maximum absolute atomic E-state index is 12.3. The maximum atomic E-state index is 12.3. The molecule has 1 amide bonds. The van der Waals surface area contributed by atoms with E-state index < -0.39 is 0 Å². The summed E-state index contributed by atoms with van der Waals surface area (Å²) in [6, 6.07) is 5.63. The number of benzene rings is 1. The maximum Gasteiger partial charge on any atom is 0.244 e. The van der Waals surface area contributed by atoms with E-state index in [0.717, 1.165) is 22.3 Å². The van der Waals surface area contributed by atoms with E-state index in [1.165, 1.54) is 0 Å². The first-order chi connectivity index (χ1) is 8.63. The molecule has 1 aliphatic heterocycles. The van der Waals surface area contributed by atoms with Gasteiger partial charge in [-0.05, 0) is 37.1 Å². The predicted octanol–water partition coefficient (Wildman–Crippen LogP) is 1.44. The molecule has 1 aromatic rings. The van der Waals surface area contributed by atoms with E-state index in [1.807, 2.05) is 25.1 Å². The summed E-state index contributed by atoms with van der Waals surface area (Å²) < 4.78 is 1.01. The molecule has 98 valence electrons. The average molecular weight is 313 g/mol. The molecule has 2 N–H and O–H groups in total. The summed E-state index contributed by atoms with van der Waals surface area (Å²) in [5, 5.41) is 12.1. The summed E-state index contributed by atoms with van der Waals surface area (Å²) in [6.07, 6.45) is 0.463. The van der Waals surface area contributed by atoms with Gasteiger partial charge in [0.2, 0.25) is 5.91 Å². The molecular formula is C13H17BrN2O2. The molecule has 1 fully saturated rings. The van der Waals surface area contributed by atoms with Crippen molar-refractivity contribution in [3.8, 4) is 0 Å². The molecule has 0 aliphatic carbocycles. The smallest absolute Gasteiger partial charge is 0.244 e. The average Bonchev–Trinajstić information content (AvgIpc) is 2.33. The molecule has 1 aromatic carbocycles. The normalized spacial score (nSPS) is 20.3. The number of anilines is 1. The van der Waals surface area contributed by atoms with Crippen molar-refractivity contribution in [1.29, 1.82) is 0 Å². The molecule has 4 nitrogen and oxygen atoms in total. The molecule has 1 atom stereocenters. The molecule has 1 aliphatic rings. The lowest BCUT2D eigenvalue weighted by Crippen LogP contribution is -2.55. The van der Waals surface area contributed by atoms with Gasteiger partial charge < -0.3 is 15.3 Å². The lowest BCUT2D eigenvalue weighted by molar-refractivity contribution is -0.122. The monoisotopic (exact) mass is 312 g/mol. The second-order valence-electron chi connectivity index (χ2n) is 4.44. The molecule has 0 aromatic heterocycles. The van der Waals surface area contributed by atoms with Crippen LogP contribution in [0, 0.1) is 6.92 Å². The largest absolute Gasteiger partial charge is 0.396 e. The van der Waals surface area contributed by atoms with Gasteiger partial charge in [0.1, 0.15) is 0 Å². The van der Waals surface area contributed by atoms with Gasteiger partial charge in [-0.3, -0.25) is 4.79 Å². The number of aliphatic hydroxyl groups is 1. The second-order valence-corrected chi connectivity index (χ2v) is 5.36. The minimum Gasteiger partial charge on any atom is -0.396 e. The third-order valence-corrected chi connectivity index (χ3v) is 3.65. The number of nitrogens with one attached hydrogen (secondary N) is 1. The second kappa shape index (κ2) is 5.82. The fraction of sp³-hybridized carbons (Fsp3) is 0.462. The van der Waals surface area contributed by atoms with Gasteiger partial charge in [0.05, 0.1) is 6.04 Å². The molecule has 0 spiro atoms. The fourth-order valence-corrected chi connectivity index (χ4v) is 2.73. The van der Waals surface area contributed by atoms with Crippen LogP contribution in [0.25, 0.3) is 0 Å². The zero-order valence-corrected chi connectivity index (χ0v) is 11.9. The van der Waals surface area contributed by atoms with Gasteiger partial charge in [0, 0.05) is 29.9 Å². The van der Waals surface area contributed by atoms with Crippen LogP contribution in [0.3, 0.4) is 0 Å². The van der Waals surface area contributed by atoms with Crippen LogP contribution in [-0.4, -0.2) is 36.8 Å². The third kappa shape index (κ3) is 2.74. The molecule has 2 rings (SSSR count). The number of amides is 1. The van der Waals surface area contributed by atoms with Crippen LogP contribution in [0.5, 0.6) is 0 Å². The van der Waals surface area contributed by atoms with Crippen molar-refractivity contribution >= 4 is 27.5 Å². The predicted molar refractivity (Wildman–Crippen MR) is 74.7 cm³/mol. The van der Waals surface area contributed by atoms with E-state index in [9.17, 15) is 4.79 Å². The highest BCUT2D eigenvalue weighted by Gasteiger charge is 2.29. The van der Waals surface area contributed by atoms with E-state index in [1.54, 1.807) is 4.90 Å². The molecule has 1 unspecified atom stereocenters. The molecule has 0 radical (unpaired) electrons. The zero-order valence-electron chi connectivity index (χ0n) is 10.3. The van der Waals surface area contributed by atoms with Crippen LogP contribution in [0.2, 0.25) is 0 Å². The van der Waals surface area contributed by atoms with E-state index in [-0.39, 0.29) is 18.6 Å². The highest BCUT2D eigenvalue weighted by molar-refractivity contribution is 9.10. The van der Waals surface area contributed by atoms with Gasteiger partial charge in [-0.2, -0.15) is 0 Å². The molecule has 1 heterocycles. The van der Waals surface area contributed by atoms with Crippen molar-refractivity contribution in [2.75, 3.05) is 24.6 Å². The first kappa shape index (κ1) is 13.5. The molecule has 0 bridgehead atoms. The van der Waals surface area contributed by atoms with Crippen molar-refractivity contribution in [2.45, 2.75) is 19.4 Å². The summed E-state index contributed by atoms with van der Waals surface area (Å²) in [4.78, 5) is 14.1. The fourth-order valence-electron chi connectivity index (χ4n) is 2.25. The Kier molecular flexibility index (Phi) is 4.37. The number of piperazine rings is 1. The number of hydrogen-bond donors (Lipinski definition) is 2. The highest BCUT2D eigenvalue weighted by Crippen LogP contribution is 2.25. The Bertz CT molecular complexity index is 449. The Morgan fingerprint density at radius 2 is 2.33 bits per heavy atom. The van der Waals surface area contributed by atoms with Gasteiger partial charge in [0.15, 0.2) is 0 Å². The van der Waals surface area contributed by atoms with Gasteiger partial charge in [-0.15, -0.1) is 0 Å². The number of carbonyl (C=O) groups excluding carboxylic acids is 1. The standard InChI is InChI=1S/C13H17BrN2O2/c1-9-8-10(14)2-3-12(9)16-6-5-15-11(4-7-17)13(16)18/h2-3,8,11,15,17H,4-7H2,1H3. The first-order valence-electron chi connectivity index (χ1n) is 6.05. The Morgan fingerprint density at radius 1 is 1.56 bits per heavy atom. The molecule has 18 heavy (non-hydrogen) atoms. The van der Waals surface area contributed by atoms with Gasteiger partial charge in [-0.25, -0.2) is 0 Å². The lowest BCUT2D eigenvalue weighted by Gasteiger charge is -2.34. The Labute approximate surface area is 115 Å². The SMILES string of the molecule is Cc1cc(Br)ccc1N1CCNC(CCO)C1=O. The minimum absolute atomic E-state index is 0.0244. The van der Waals surface area contributed by atoms with Crippen LogP contribution >= 0.6 is 15.9 Å². The van der Waals surface area contributed by atoms with Gasteiger partial charge in [0.25, 0.3) is 0 Å². The van der Waals surface area contributed by atoms with Crippen LogP contribution < -0.4 is 10.2 Å². The summed E-state index contributed by atoms with van der Waals surface area (Å²) in [7, 11) is 0. The van der Waals surface area contributed by atoms with Crippen molar-refractivity contribution in [3.63, 3.8) is 0 Å². The minimum atomic E-state index is -0.271. The van der Waals surface area contributed by atoms with Crippen molar-refractivity contribution in [3.05, 3.63) is 28.2 Å². The molecule has 5 heteroatoms. The van der Waals surface area contributed by atoms with Crippen LogP contribution in [-0.2, 0) is 4.79 Å². The van der Waals surface area contributed by atoms with E-state index in [0.29, 0.717) is 13.0 Å². The Hall–Kier alpha value is -0.910. The van der Waals surface area contributed by atoms with Gasteiger partial charge >= 0.3 is 0 Å². The molecular weight excluding hydrogens is 296 g/mol. The Balaban J connectivity index is 2.24. The van der Waals surface area contributed by atoms with Gasteiger partial charge in [-0.1, -0.05) is 15.9 Å². The molecule has 0 saturated carbocycles. The number of aliphatic hydroxyl groups excluding tert-OH is 1. The number of nitrogens with zero attached hydrogens (tertiary/aromatic N) is 1. The van der Waals surface area contributed by atoms with Crippen molar-refractivity contribution in [1.82, 2.24) is 5.32 Å². The number of rotatable bonds is 3. The third-order valence-electron chi connectivity index (χ3n) is 3.16. The zero-order chi connectivity index (χ0) is 13.1. The highest BCUT2D eigenvalue weighted by atomic mass is 79.9. The van der Waals surface area contributed by atoms with Crippen LogP contribution in [0.15, 0.2) is 22.7 Å². The van der Waals surface area contributed by atoms with E-state index in [2.05, 4.69) is 21.2 Å². The number of hydrogen-bond acceptors (Lipinski definition) is 3. The number of halogens is 1. The van der Waals surface area contributed by atoms with Crippen molar-refractivity contribution < 1.29 is 9.90 Å². The summed E-state index contributed by atoms with van der Waals surface area (Å²) >= 11 is 3.42. The van der Waals surface area contributed by atoms with Crippen LogP contribution in [0.1, 0.15) is 12.0 Å². The first-order valence-corrected chi connectivity index (χ1v) is 6.84. The summed E-state index contributed by atoms with van der Waals surface area (Å²) in [5.74, 6) is 0.0423. The lowest BCUT2D eigenvalue weighted by atomic mass is 10.1. The number of aryl methyl sites for hydroxylation is 1. The van der Waals surface area contributed by atoms with E-state index in [4.69, 9.17) is 5.11 Å². The van der Waals surface area contributed by atoms with E-state index >= 15 is 0 Å². The topological polar surface area (TPSA) is 52.6 Å².